The van der Waals surface area contributed by atoms with Crippen LogP contribution in [0.4, 0.5) is 4.79 Å². The van der Waals surface area contributed by atoms with E-state index < -0.39 is 0 Å². The summed E-state index contributed by atoms with van der Waals surface area (Å²) in [6, 6.07) is 0.401. The Morgan fingerprint density at radius 1 is 1.09 bits per heavy atom. The fraction of sp³-hybridized carbons (Fsp3) is 0.929. The highest BCUT2D eigenvalue weighted by molar-refractivity contribution is 5.85. The average molecular weight is 476 g/mol. The molecule has 0 unspecified atom stereocenters. The lowest BCUT2D eigenvalue weighted by molar-refractivity contribution is -0.123. The number of likely N-dealkylation sites (N-methyl/N-ethyl adjacent to an activating group) is 1. The van der Waals surface area contributed by atoms with Crippen LogP contribution in [0.25, 0.3) is 0 Å². The van der Waals surface area contributed by atoms with Crippen molar-refractivity contribution < 1.29 is 14.7 Å². The minimum atomic E-state index is -0.376. The largest absolute Gasteiger partial charge is 0.435 e. The van der Waals surface area contributed by atoms with Gasteiger partial charge < -0.3 is 15.3 Å². The second kappa shape index (κ2) is 10.1. The van der Waals surface area contributed by atoms with Gasteiger partial charge in [0.1, 0.15) is 0 Å². The van der Waals surface area contributed by atoms with E-state index in [9.17, 15) is 9.90 Å². The SMILES string of the molecule is C/C(=N\OC(=O)N(C)CCNC(C)C)[C@H]1CC[C@H]2[C@@H]3CC[C@@H]4C[C@@H](O)CC[C@]4(C)[C@H]3CC[C@]12C. The molecule has 0 heterocycles. The summed E-state index contributed by atoms with van der Waals surface area (Å²) in [6.45, 7) is 12.7. The third-order valence-electron chi connectivity index (χ3n) is 10.7. The van der Waals surface area contributed by atoms with E-state index in [1.54, 1.807) is 11.9 Å². The van der Waals surface area contributed by atoms with Gasteiger partial charge in [-0.05, 0) is 99.2 Å². The summed E-state index contributed by atoms with van der Waals surface area (Å²) >= 11 is 0. The molecule has 6 nitrogen and oxygen atoms in total. The Morgan fingerprint density at radius 3 is 2.53 bits per heavy atom. The Labute approximate surface area is 207 Å². The van der Waals surface area contributed by atoms with Crippen LogP contribution >= 0.6 is 0 Å². The molecule has 4 fully saturated rings. The first-order chi connectivity index (χ1) is 16.1. The molecule has 4 aliphatic rings. The first kappa shape index (κ1) is 25.9. The topological polar surface area (TPSA) is 74.2 Å². The predicted molar refractivity (Wildman–Crippen MR) is 137 cm³/mol. The Balaban J connectivity index is 1.39. The number of hydrogen-bond donors (Lipinski definition) is 2. The molecule has 6 heteroatoms. The molecule has 4 rings (SSSR count). The molecule has 0 aromatic rings. The van der Waals surface area contributed by atoms with Crippen molar-refractivity contribution in [2.45, 2.75) is 105 Å². The summed E-state index contributed by atoms with van der Waals surface area (Å²) in [5.74, 6) is 3.45. The molecule has 0 saturated heterocycles. The lowest BCUT2D eigenvalue weighted by atomic mass is 9.44. The van der Waals surface area contributed by atoms with Crippen LogP contribution in [0.5, 0.6) is 0 Å². The zero-order valence-corrected chi connectivity index (χ0v) is 22.5. The number of nitrogens with one attached hydrogen (secondary N) is 1. The third-order valence-corrected chi connectivity index (χ3v) is 10.7. The van der Waals surface area contributed by atoms with Gasteiger partial charge in [0.05, 0.1) is 11.8 Å². The van der Waals surface area contributed by atoms with Gasteiger partial charge in [-0.1, -0.05) is 32.9 Å². The summed E-state index contributed by atoms with van der Waals surface area (Å²) in [5, 5.41) is 18.0. The molecule has 4 aliphatic carbocycles. The zero-order chi connectivity index (χ0) is 24.7. The van der Waals surface area contributed by atoms with Crippen LogP contribution in [0.2, 0.25) is 0 Å². The number of amides is 1. The second-order valence-electron chi connectivity index (χ2n) is 12.9. The molecule has 34 heavy (non-hydrogen) atoms. The van der Waals surface area contributed by atoms with Crippen LogP contribution in [0, 0.1) is 40.4 Å². The van der Waals surface area contributed by atoms with E-state index in [0.717, 1.165) is 49.3 Å². The van der Waals surface area contributed by atoms with Gasteiger partial charge in [0.2, 0.25) is 0 Å². The van der Waals surface area contributed by atoms with Gasteiger partial charge in [0.15, 0.2) is 0 Å². The molecule has 194 valence electrons. The monoisotopic (exact) mass is 475 g/mol. The molecule has 0 aromatic heterocycles. The minimum absolute atomic E-state index is 0.0774. The van der Waals surface area contributed by atoms with E-state index >= 15 is 0 Å². The number of hydrogen-bond acceptors (Lipinski definition) is 5. The molecule has 0 aliphatic heterocycles. The highest BCUT2D eigenvalue weighted by atomic mass is 16.7. The number of rotatable bonds is 6. The minimum Gasteiger partial charge on any atom is -0.393 e. The highest BCUT2D eigenvalue weighted by Gasteiger charge is 2.60. The molecular weight excluding hydrogens is 426 g/mol. The molecule has 0 bridgehead atoms. The summed E-state index contributed by atoms with van der Waals surface area (Å²) in [5.41, 5.74) is 1.66. The summed E-state index contributed by atoms with van der Waals surface area (Å²) in [7, 11) is 1.77. The Bertz CT molecular complexity index is 770. The normalized spacial score (nSPS) is 42.1. The number of nitrogens with zero attached hydrogens (tertiary/aromatic N) is 2. The fourth-order valence-electron chi connectivity index (χ4n) is 8.78. The predicted octanol–water partition coefficient (Wildman–Crippen LogP) is 5.45. The molecule has 0 spiro atoms. The van der Waals surface area contributed by atoms with E-state index in [-0.39, 0.29) is 17.6 Å². The number of carbonyl (C=O) groups is 1. The van der Waals surface area contributed by atoms with Gasteiger partial charge >= 0.3 is 6.09 Å². The van der Waals surface area contributed by atoms with Gasteiger partial charge in [0.25, 0.3) is 0 Å². The Hall–Kier alpha value is -1.14. The van der Waals surface area contributed by atoms with Crippen LogP contribution in [-0.2, 0) is 4.84 Å². The number of oxime groups is 1. The van der Waals surface area contributed by atoms with Crippen molar-refractivity contribution in [2.75, 3.05) is 20.1 Å². The van der Waals surface area contributed by atoms with Crippen molar-refractivity contribution in [3.63, 3.8) is 0 Å². The molecular formula is C28H49N3O3. The van der Waals surface area contributed by atoms with Crippen molar-refractivity contribution in [1.82, 2.24) is 10.2 Å². The lowest BCUT2D eigenvalue weighted by Gasteiger charge is -2.61. The zero-order valence-electron chi connectivity index (χ0n) is 22.5. The fourth-order valence-corrected chi connectivity index (χ4v) is 8.78. The molecule has 2 N–H and O–H groups in total. The summed E-state index contributed by atoms with van der Waals surface area (Å²) in [6.07, 6.45) is 10.3. The van der Waals surface area contributed by atoms with E-state index in [1.807, 2.05) is 0 Å². The van der Waals surface area contributed by atoms with Crippen LogP contribution in [-0.4, -0.2) is 54.1 Å². The second-order valence-corrected chi connectivity index (χ2v) is 12.9. The maximum atomic E-state index is 12.4. The van der Waals surface area contributed by atoms with Gasteiger partial charge in [-0.3, -0.25) is 4.84 Å². The van der Waals surface area contributed by atoms with E-state index in [4.69, 9.17) is 4.84 Å². The Kier molecular flexibility index (Phi) is 7.69. The van der Waals surface area contributed by atoms with Gasteiger partial charge in [-0.15, -0.1) is 0 Å². The standard InChI is InChI=1S/C28H49N3O3/c1-18(2)29-15-16-31(6)26(33)34-30-19(3)23-9-10-24-22-8-7-20-17-21(32)11-13-27(20,4)25(22)12-14-28(23,24)5/h18,20-25,29,32H,7-17H2,1-6H3/b30-19+/t20-,21+,22+,23-,24+,25+,27+,28-/m1/s1. The quantitative estimate of drug-likeness (QED) is 0.304. The maximum absolute atomic E-state index is 12.4. The molecule has 4 saturated carbocycles. The maximum Gasteiger partial charge on any atom is 0.435 e. The lowest BCUT2D eigenvalue weighted by Crippen LogP contribution is -2.54. The van der Waals surface area contributed by atoms with Crippen LogP contribution in [0.1, 0.15) is 92.4 Å². The Morgan fingerprint density at radius 2 is 1.79 bits per heavy atom. The summed E-state index contributed by atoms with van der Waals surface area (Å²) in [4.78, 5) is 19.4. The van der Waals surface area contributed by atoms with E-state index in [1.165, 1.54) is 38.5 Å². The van der Waals surface area contributed by atoms with Crippen molar-refractivity contribution in [3.05, 3.63) is 0 Å². The van der Waals surface area contributed by atoms with Gasteiger partial charge in [-0.2, -0.15) is 0 Å². The summed E-state index contributed by atoms with van der Waals surface area (Å²) < 4.78 is 0. The first-order valence-corrected chi connectivity index (χ1v) is 13.9. The first-order valence-electron chi connectivity index (χ1n) is 13.9. The number of aliphatic hydroxyl groups excluding tert-OH is 1. The molecule has 8 atom stereocenters. The van der Waals surface area contributed by atoms with Crippen LogP contribution in [0.3, 0.4) is 0 Å². The number of fused-ring (bicyclic) bond motifs is 5. The van der Waals surface area contributed by atoms with Crippen molar-refractivity contribution >= 4 is 11.8 Å². The third kappa shape index (κ3) is 4.78. The van der Waals surface area contributed by atoms with Crippen molar-refractivity contribution in [3.8, 4) is 0 Å². The molecule has 0 radical (unpaired) electrons. The van der Waals surface area contributed by atoms with Crippen molar-refractivity contribution in [2.24, 2.45) is 45.6 Å². The van der Waals surface area contributed by atoms with Crippen LogP contribution < -0.4 is 5.32 Å². The van der Waals surface area contributed by atoms with Crippen LogP contribution in [0.15, 0.2) is 5.16 Å². The average Bonchev–Trinajstić information content (AvgIpc) is 3.14. The van der Waals surface area contributed by atoms with Gasteiger partial charge in [-0.25, -0.2) is 4.79 Å². The highest BCUT2D eigenvalue weighted by Crippen LogP contribution is 2.67. The van der Waals surface area contributed by atoms with Crippen molar-refractivity contribution in [1.29, 1.82) is 0 Å². The number of carbonyl (C=O) groups excluding carboxylic acids is 1. The molecule has 0 aromatic carbocycles. The van der Waals surface area contributed by atoms with E-state index in [2.05, 4.69) is 45.1 Å². The number of aliphatic hydroxyl groups is 1. The molecule has 1 amide bonds. The van der Waals surface area contributed by atoms with E-state index in [0.29, 0.717) is 29.8 Å². The van der Waals surface area contributed by atoms with Gasteiger partial charge in [0, 0.05) is 32.1 Å². The smallest absolute Gasteiger partial charge is 0.393 e.